The highest BCUT2D eigenvalue weighted by molar-refractivity contribution is 5.11. The van der Waals surface area contributed by atoms with Gasteiger partial charge in [-0.05, 0) is 39.0 Å². The average Bonchev–Trinajstić information content (AvgIpc) is 2.00. The molecule has 3 aliphatic rings. The van der Waals surface area contributed by atoms with Gasteiger partial charge in [0.2, 0.25) is 0 Å². The van der Waals surface area contributed by atoms with Crippen molar-refractivity contribution in [2.24, 2.45) is 5.92 Å². The quantitative estimate of drug-likeness (QED) is 0.688. The molecule has 2 heterocycles. The largest absolute Gasteiger partial charge is 0.383 e. The van der Waals surface area contributed by atoms with E-state index in [1.54, 1.807) is 0 Å². The lowest BCUT2D eigenvalue weighted by atomic mass is 9.64. The second-order valence-corrected chi connectivity index (χ2v) is 5.56. The SMILES string of the molecule is COCC12CC(C)CC(C1)N2C(C)C. The van der Waals surface area contributed by atoms with Crippen LogP contribution in [-0.4, -0.2) is 36.2 Å². The average molecular weight is 197 g/mol. The van der Waals surface area contributed by atoms with Gasteiger partial charge in [-0.1, -0.05) is 6.92 Å². The molecule has 2 saturated heterocycles. The van der Waals surface area contributed by atoms with E-state index in [0.717, 1.165) is 18.6 Å². The first-order valence-corrected chi connectivity index (χ1v) is 5.86. The van der Waals surface area contributed by atoms with Gasteiger partial charge in [-0.15, -0.1) is 0 Å². The van der Waals surface area contributed by atoms with Crippen LogP contribution in [0.1, 0.15) is 40.0 Å². The number of fused-ring (bicyclic) bond motifs is 2. The highest BCUT2D eigenvalue weighted by Crippen LogP contribution is 2.50. The number of piperidine rings is 1. The summed E-state index contributed by atoms with van der Waals surface area (Å²) in [6.07, 6.45) is 4.09. The minimum absolute atomic E-state index is 0.394. The summed E-state index contributed by atoms with van der Waals surface area (Å²) in [5.74, 6) is 0.888. The van der Waals surface area contributed by atoms with Crippen molar-refractivity contribution in [3.63, 3.8) is 0 Å². The van der Waals surface area contributed by atoms with Crippen molar-refractivity contribution in [1.82, 2.24) is 4.90 Å². The third-order valence-electron chi connectivity index (χ3n) is 3.93. The molecular weight excluding hydrogens is 174 g/mol. The van der Waals surface area contributed by atoms with Gasteiger partial charge in [-0.3, -0.25) is 4.90 Å². The third-order valence-corrected chi connectivity index (χ3v) is 3.93. The first-order chi connectivity index (χ1) is 6.59. The predicted molar refractivity (Wildman–Crippen MR) is 58.4 cm³/mol. The molecule has 82 valence electrons. The molecule has 0 spiro atoms. The van der Waals surface area contributed by atoms with Crippen LogP contribution in [-0.2, 0) is 4.74 Å². The zero-order valence-corrected chi connectivity index (χ0v) is 9.92. The fraction of sp³-hybridized carbons (Fsp3) is 1.00. The number of nitrogens with zero attached hydrogens (tertiary/aromatic N) is 1. The molecule has 2 aliphatic heterocycles. The van der Waals surface area contributed by atoms with Gasteiger partial charge in [0.15, 0.2) is 0 Å². The maximum atomic E-state index is 5.41. The molecule has 1 aliphatic carbocycles. The van der Waals surface area contributed by atoms with Gasteiger partial charge in [0.1, 0.15) is 0 Å². The van der Waals surface area contributed by atoms with E-state index < -0.39 is 0 Å². The van der Waals surface area contributed by atoms with Gasteiger partial charge in [0.05, 0.1) is 6.61 Å². The third kappa shape index (κ3) is 1.40. The van der Waals surface area contributed by atoms with Crippen molar-refractivity contribution in [3.8, 4) is 0 Å². The predicted octanol–water partition coefficient (Wildman–Crippen LogP) is 2.28. The van der Waals surface area contributed by atoms with Crippen LogP contribution < -0.4 is 0 Å². The van der Waals surface area contributed by atoms with E-state index in [0.29, 0.717) is 11.6 Å². The van der Waals surface area contributed by atoms with Crippen LogP contribution in [0.2, 0.25) is 0 Å². The van der Waals surface area contributed by atoms with Crippen LogP contribution in [0.5, 0.6) is 0 Å². The first kappa shape index (κ1) is 10.4. The van der Waals surface area contributed by atoms with Gasteiger partial charge in [-0.25, -0.2) is 0 Å². The Morgan fingerprint density at radius 1 is 1.43 bits per heavy atom. The van der Waals surface area contributed by atoms with Crippen LogP contribution in [0.25, 0.3) is 0 Å². The zero-order chi connectivity index (χ0) is 10.3. The van der Waals surface area contributed by atoms with Crippen molar-refractivity contribution in [2.75, 3.05) is 13.7 Å². The molecule has 0 aromatic carbocycles. The molecule has 14 heavy (non-hydrogen) atoms. The fourth-order valence-electron chi connectivity index (χ4n) is 3.93. The minimum atomic E-state index is 0.394. The monoisotopic (exact) mass is 197 g/mol. The molecule has 1 saturated carbocycles. The Morgan fingerprint density at radius 2 is 2.14 bits per heavy atom. The van der Waals surface area contributed by atoms with Gasteiger partial charge in [-0.2, -0.15) is 0 Å². The first-order valence-electron chi connectivity index (χ1n) is 5.86. The molecule has 3 atom stereocenters. The summed E-state index contributed by atoms with van der Waals surface area (Å²) in [5.41, 5.74) is 0.394. The highest BCUT2D eigenvalue weighted by Gasteiger charge is 2.56. The molecular formula is C12H23NO. The van der Waals surface area contributed by atoms with Crippen LogP contribution >= 0.6 is 0 Å². The second kappa shape index (κ2) is 3.49. The molecule has 2 nitrogen and oxygen atoms in total. The Hall–Kier alpha value is -0.0800. The smallest absolute Gasteiger partial charge is 0.0647 e. The molecule has 2 heteroatoms. The molecule has 3 rings (SSSR count). The second-order valence-electron chi connectivity index (χ2n) is 5.56. The Balaban J connectivity index is 2.11. The summed E-state index contributed by atoms with van der Waals surface area (Å²) in [4.78, 5) is 2.69. The topological polar surface area (TPSA) is 12.5 Å². The fourth-order valence-corrected chi connectivity index (χ4v) is 3.93. The van der Waals surface area contributed by atoms with Crippen molar-refractivity contribution >= 4 is 0 Å². The van der Waals surface area contributed by atoms with Crippen LogP contribution in [0.4, 0.5) is 0 Å². The van der Waals surface area contributed by atoms with Gasteiger partial charge < -0.3 is 4.74 Å². The summed E-state index contributed by atoms with van der Waals surface area (Å²) >= 11 is 0. The minimum Gasteiger partial charge on any atom is -0.383 e. The normalized spacial score (nSPS) is 42.6. The number of rotatable bonds is 3. The zero-order valence-electron chi connectivity index (χ0n) is 9.92. The van der Waals surface area contributed by atoms with Crippen molar-refractivity contribution in [3.05, 3.63) is 0 Å². The Labute approximate surface area is 87.6 Å². The molecule has 0 aromatic rings. The standard InChI is InChI=1S/C12H23NO/c1-9(2)13-11-5-10(3)6-12(13,7-11)8-14-4/h9-11H,5-8H2,1-4H3. The molecule has 3 unspecified atom stereocenters. The lowest BCUT2D eigenvalue weighted by molar-refractivity contribution is -0.172. The van der Waals surface area contributed by atoms with Crippen molar-refractivity contribution in [1.29, 1.82) is 0 Å². The number of hydrogen-bond acceptors (Lipinski definition) is 2. The van der Waals surface area contributed by atoms with Crippen LogP contribution in [0.15, 0.2) is 0 Å². The lowest BCUT2D eigenvalue weighted by Gasteiger charge is -2.65. The number of methoxy groups -OCH3 is 1. The van der Waals surface area contributed by atoms with Crippen molar-refractivity contribution in [2.45, 2.75) is 57.7 Å². The van der Waals surface area contributed by atoms with Gasteiger partial charge in [0, 0.05) is 24.7 Å². The summed E-state index contributed by atoms with van der Waals surface area (Å²) < 4.78 is 5.41. The Bertz CT molecular complexity index is 212. The molecule has 0 aromatic heterocycles. The van der Waals surface area contributed by atoms with E-state index in [1.807, 2.05) is 7.11 Å². The molecule has 2 bridgehead atoms. The van der Waals surface area contributed by atoms with E-state index in [2.05, 4.69) is 25.7 Å². The Kier molecular flexibility index (Phi) is 2.61. The van der Waals surface area contributed by atoms with Crippen LogP contribution in [0.3, 0.4) is 0 Å². The van der Waals surface area contributed by atoms with Crippen LogP contribution in [0, 0.1) is 5.92 Å². The maximum Gasteiger partial charge on any atom is 0.0647 e. The van der Waals surface area contributed by atoms with E-state index in [-0.39, 0.29) is 0 Å². The Morgan fingerprint density at radius 3 is 2.71 bits per heavy atom. The maximum absolute atomic E-state index is 5.41. The van der Waals surface area contributed by atoms with Gasteiger partial charge >= 0.3 is 0 Å². The highest BCUT2D eigenvalue weighted by atomic mass is 16.5. The molecule has 3 fully saturated rings. The molecule has 0 amide bonds. The van der Waals surface area contributed by atoms with Crippen molar-refractivity contribution < 1.29 is 4.74 Å². The van der Waals surface area contributed by atoms with E-state index >= 15 is 0 Å². The molecule has 0 radical (unpaired) electrons. The summed E-state index contributed by atoms with van der Waals surface area (Å²) in [7, 11) is 1.83. The molecule has 0 N–H and O–H groups in total. The van der Waals surface area contributed by atoms with Gasteiger partial charge in [0.25, 0.3) is 0 Å². The summed E-state index contributed by atoms with van der Waals surface area (Å²) in [5, 5.41) is 0. The van der Waals surface area contributed by atoms with E-state index in [1.165, 1.54) is 19.3 Å². The summed E-state index contributed by atoms with van der Waals surface area (Å²) in [6.45, 7) is 7.93. The summed E-state index contributed by atoms with van der Waals surface area (Å²) in [6, 6.07) is 1.52. The number of ether oxygens (including phenoxy) is 1. The number of hydrogen-bond donors (Lipinski definition) is 0. The van der Waals surface area contributed by atoms with E-state index in [9.17, 15) is 0 Å². The van der Waals surface area contributed by atoms with E-state index in [4.69, 9.17) is 4.74 Å². The lowest BCUT2D eigenvalue weighted by Crippen LogP contribution is -2.73.